The van der Waals surface area contributed by atoms with Crippen molar-refractivity contribution < 1.29 is 13.2 Å². The molecule has 0 bridgehead atoms. The molecule has 1 atom stereocenters. The van der Waals surface area contributed by atoms with E-state index >= 15 is 0 Å². The molecule has 0 saturated heterocycles. The van der Waals surface area contributed by atoms with Crippen LogP contribution in [-0.2, 0) is 0 Å². The largest absolute Gasteiger partial charge is 0.324 e. The zero-order valence-corrected chi connectivity index (χ0v) is 7.81. The van der Waals surface area contributed by atoms with Crippen molar-refractivity contribution >= 4 is 0 Å². The predicted octanol–water partition coefficient (Wildman–Crippen LogP) is 2.79. The van der Waals surface area contributed by atoms with Gasteiger partial charge in [0.1, 0.15) is 5.82 Å². The summed E-state index contributed by atoms with van der Waals surface area (Å²) in [5, 5.41) is 0. The topological polar surface area (TPSA) is 26.0 Å². The third kappa shape index (κ3) is 2.73. The Bertz CT molecular complexity index is 312. The van der Waals surface area contributed by atoms with Gasteiger partial charge in [-0.2, -0.15) is 0 Å². The van der Waals surface area contributed by atoms with Crippen molar-refractivity contribution in [3.05, 3.63) is 35.1 Å². The SMILES string of the molecule is Cc1ccc([C@H](N)CC(F)F)c(F)c1. The predicted molar refractivity (Wildman–Crippen MR) is 48.7 cm³/mol. The van der Waals surface area contributed by atoms with Crippen molar-refractivity contribution in [2.24, 2.45) is 5.73 Å². The van der Waals surface area contributed by atoms with Gasteiger partial charge in [-0.05, 0) is 18.6 Å². The quantitative estimate of drug-likeness (QED) is 0.803. The van der Waals surface area contributed by atoms with Crippen LogP contribution in [0.4, 0.5) is 13.2 Å². The van der Waals surface area contributed by atoms with Gasteiger partial charge in [-0.15, -0.1) is 0 Å². The molecule has 0 fully saturated rings. The number of nitrogens with two attached hydrogens (primary N) is 1. The number of rotatable bonds is 3. The van der Waals surface area contributed by atoms with E-state index in [4.69, 9.17) is 5.73 Å². The summed E-state index contributed by atoms with van der Waals surface area (Å²) in [4.78, 5) is 0. The molecule has 0 radical (unpaired) electrons. The summed E-state index contributed by atoms with van der Waals surface area (Å²) in [6, 6.07) is 3.47. The van der Waals surface area contributed by atoms with Crippen LogP contribution in [0.3, 0.4) is 0 Å². The maximum absolute atomic E-state index is 13.2. The molecule has 0 aliphatic heterocycles. The lowest BCUT2D eigenvalue weighted by molar-refractivity contribution is 0.128. The van der Waals surface area contributed by atoms with Crippen molar-refractivity contribution in [3.63, 3.8) is 0 Å². The first-order chi connectivity index (χ1) is 6.50. The fraction of sp³-hybridized carbons (Fsp3) is 0.400. The molecule has 78 valence electrons. The molecule has 0 aliphatic rings. The van der Waals surface area contributed by atoms with Gasteiger partial charge in [0.05, 0.1) is 0 Å². The first-order valence-electron chi connectivity index (χ1n) is 4.30. The zero-order valence-electron chi connectivity index (χ0n) is 7.81. The number of hydrogen-bond acceptors (Lipinski definition) is 1. The van der Waals surface area contributed by atoms with Gasteiger partial charge in [0.2, 0.25) is 6.43 Å². The Hall–Kier alpha value is -1.03. The standard InChI is InChI=1S/C10H12F3N/c1-6-2-3-7(8(11)4-6)9(14)5-10(12)13/h2-4,9-10H,5,14H2,1H3/t9-/m1/s1. The van der Waals surface area contributed by atoms with Gasteiger partial charge in [-0.3, -0.25) is 0 Å². The fourth-order valence-corrected chi connectivity index (χ4v) is 1.25. The molecule has 0 aromatic heterocycles. The lowest BCUT2D eigenvalue weighted by Crippen LogP contribution is -2.15. The van der Waals surface area contributed by atoms with Crippen LogP contribution >= 0.6 is 0 Å². The van der Waals surface area contributed by atoms with E-state index in [0.29, 0.717) is 0 Å². The molecule has 14 heavy (non-hydrogen) atoms. The van der Waals surface area contributed by atoms with Gasteiger partial charge in [0, 0.05) is 18.0 Å². The Morgan fingerprint density at radius 2 is 2.00 bits per heavy atom. The van der Waals surface area contributed by atoms with Crippen molar-refractivity contribution in [2.45, 2.75) is 25.8 Å². The highest BCUT2D eigenvalue weighted by atomic mass is 19.3. The number of benzene rings is 1. The van der Waals surface area contributed by atoms with E-state index in [1.54, 1.807) is 13.0 Å². The minimum absolute atomic E-state index is 0.149. The Kier molecular flexibility index (Phi) is 3.52. The van der Waals surface area contributed by atoms with Crippen molar-refractivity contribution in [1.82, 2.24) is 0 Å². The van der Waals surface area contributed by atoms with Gasteiger partial charge >= 0.3 is 0 Å². The van der Waals surface area contributed by atoms with Crippen molar-refractivity contribution in [2.75, 3.05) is 0 Å². The highest BCUT2D eigenvalue weighted by molar-refractivity contribution is 5.25. The lowest BCUT2D eigenvalue weighted by atomic mass is 10.0. The smallest absolute Gasteiger partial charge is 0.240 e. The monoisotopic (exact) mass is 203 g/mol. The van der Waals surface area contributed by atoms with E-state index in [1.807, 2.05) is 0 Å². The molecule has 0 amide bonds. The Balaban J connectivity index is 2.84. The Labute approximate surface area is 80.7 Å². The molecule has 0 aliphatic carbocycles. The fourth-order valence-electron chi connectivity index (χ4n) is 1.25. The van der Waals surface area contributed by atoms with Crippen molar-refractivity contribution in [1.29, 1.82) is 0 Å². The first-order valence-corrected chi connectivity index (χ1v) is 4.30. The summed E-state index contributed by atoms with van der Waals surface area (Å²) < 4.78 is 37.2. The maximum Gasteiger partial charge on any atom is 0.240 e. The number of hydrogen-bond donors (Lipinski definition) is 1. The van der Waals surface area contributed by atoms with Gasteiger partial charge in [0.15, 0.2) is 0 Å². The zero-order chi connectivity index (χ0) is 10.7. The van der Waals surface area contributed by atoms with Gasteiger partial charge in [-0.1, -0.05) is 12.1 Å². The maximum atomic E-state index is 13.2. The number of alkyl halides is 2. The first kappa shape index (κ1) is 11.0. The van der Waals surface area contributed by atoms with E-state index in [2.05, 4.69) is 0 Å². The highest BCUT2D eigenvalue weighted by Crippen LogP contribution is 2.21. The van der Waals surface area contributed by atoms with E-state index in [-0.39, 0.29) is 5.56 Å². The lowest BCUT2D eigenvalue weighted by Gasteiger charge is -2.12. The van der Waals surface area contributed by atoms with Crippen LogP contribution in [0, 0.1) is 12.7 Å². The molecule has 0 saturated carbocycles. The molecule has 0 spiro atoms. The minimum atomic E-state index is -2.51. The average molecular weight is 203 g/mol. The number of aryl methyl sites for hydroxylation is 1. The van der Waals surface area contributed by atoms with Gasteiger partial charge < -0.3 is 5.73 Å². The summed E-state index contributed by atoms with van der Waals surface area (Å²) in [5.41, 5.74) is 6.32. The minimum Gasteiger partial charge on any atom is -0.324 e. The molecular weight excluding hydrogens is 191 g/mol. The summed E-state index contributed by atoms with van der Waals surface area (Å²) >= 11 is 0. The second-order valence-corrected chi connectivity index (χ2v) is 3.26. The van der Waals surface area contributed by atoms with Gasteiger partial charge in [-0.25, -0.2) is 13.2 Å². The third-order valence-electron chi connectivity index (χ3n) is 1.99. The molecule has 1 aromatic rings. The number of halogens is 3. The van der Waals surface area contributed by atoms with E-state index in [0.717, 1.165) is 5.56 Å². The van der Waals surface area contributed by atoms with Crippen LogP contribution in [0.15, 0.2) is 18.2 Å². The second-order valence-electron chi connectivity index (χ2n) is 3.26. The van der Waals surface area contributed by atoms with Crippen LogP contribution in [0.2, 0.25) is 0 Å². The van der Waals surface area contributed by atoms with E-state index < -0.39 is 24.7 Å². The van der Waals surface area contributed by atoms with Gasteiger partial charge in [0.25, 0.3) is 0 Å². The van der Waals surface area contributed by atoms with Crippen LogP contribution in [0.25, 0.3) is 0 Å². The van der Waals surface area contributed by atoms with Crippen LogP contribution in [-0.4, -0.2) is 6.43 Å². The molecule has 4 heteroatoms. The molecular formula is C10H12F3N. The normalized spacial score (nSPS) is 13.3. The third-order valence-corrected chi connectivity index (χ3v) is 1.99. The second kappa shape index (κ2) is 4.46. The van der Waals surface area contributed by atoms with Crippen molar-refractivity contribution in [3.8, 4) is 0 Å². The molecule has 1 aromatic carbocycles. The molecule has 1 nitrogen and oxygen atoms in total. The Morgan fingerprint density at radius 3 is 2.50 bits per heavy atom. The summed E-state index contributed by atoms with van der Waals surface area (Å²) in [7, 11) is 0. The highest BCUT2D eigenvalue weighted by Gasteiger charge is 2.16. The summed E-state index contributed by atoms with van der Waals surface area (Å²) in [6.07, 6.45) is -3.02. The summed E-state index contributed by atoms with van der Waals surface area (Å²) in [5.74, 6) is -0.516. The van der Waals surface area contributed by atoms with E-state index in [1.165, 1.54) is 12.1 Å². The van der Waals surface area contributed by atoms with Crippen LogP contribution < -0.4 is 5.73 Å². The molecule has 0 unspecified atom stereocenters. The van der Waals surface area contributed by atoms with Crippen LogP contribution in [0.5, 0.6) is 0 Å². The van der Waals surface area contributed by atoms with E-state index in [9.17, 15) is 13.2 Å². The molecule has 2 N–H and O–H groups in total. The molecule has 0 heterocycles. The van der Waals surface area contributed by atoms with Crippen LogP contribution in [0.1, 0.15) is 23.6 Å². The Morgan fingerprint density at radius 1 is 1.36 bits per heavy atom. The average Bonchev–Trinajstić information content (AvgIpc) is 2.01. The summed E-state index contributed by atoms with van der Waals surface area (Å²) in [6.45, 7) is 1.73. The molecule has 1 rings (SSSR count).